The molecule has 5 nitrogen and oxygen atoms in total. The van der Waals surface area contributed by atoms with Crippen LogP contribution in [0.5, 0.6) is 11.5 Å². The minimum Gasteiger partial charge on any atom is -0.457 e. The van der Waals surface area contributed by atoms with E-state index in [0.717, 1.165) is 55.3 Å². The molecule has 0 aliphatic heterocycles. The van der Waals surface area contributed by atoms with Crippen LogP contribution in [0.15, 0.2) is 102 Å². The molecule has 0 amide bonds. The molecule has 7 rings (SSSR count). The normalized spacial score (nSPS) is 12.2. The third-order valence-electron chi connectivity index (χ3n) is 7.17. The second kappa shape index (κ2) is 8.12. The van der Waals surface area contributed by atoms with Crippen molar-refractivity contribution >= 4 is 49.4 Å². The summed E-state index contributed by atoms with van der Waals surface area (Å²) in [4.78, 5) is 4.87. The number of furan rings is 1. The van der Waals surface area contributed by atoms with Crippen molar-refractivity contribution in [3.8, 4) is 17.3 Å². The second-order valence-electron chi connectivity index (χ2n) is 10.8. The van der Waals surface area contributed by atoms with Crippen LogP contribution in [0.1, 0.15) is 26.3 Å². The lowest BCUT2D eigenvalue weighted by Crippen LogP contribution is -2.12. The number of pyridine rings is 1. The van der Waals surface area contributed by atoms with Crippen LogP contribution in [0.25, 0.3) is 49.6 Å². The highest BCUT2D eigenvalue weighted by atomic mass is 16.5. The van der Waals surface area contributed by atoms with E-state index >= 15 is 0 Å². The van der Waals surface area contributed by atoms with Crippen LogP contribution in [0, 0.1) is 0 Å². The van der Waals surface area contributed by atoms with Gasteiger partial charge in [-0.25, -0.2) is 4.98 Å². The monoisotopic (exact) mass is 497 g/mol. The minimum absolute atomic E-state index is 0.0182. The maximum absolute atomic E-state index is 6.27. The maximum Gasteiger partial charge on any atom is 0.137 e. The molecule has 0 bridgehead atoms. The molecular formula is C33H27N3O2. The highest BCUT2D eigenvalue weighted by molar-refractivity contribution is 6.24. The third kappa shape index (κ3) is 3.51. The van der Waals surface area contributed by atoms with Gasteiger partial charge in [0, 0.05) is 40.2 Å². The summed E-state index contributed by atoms with van der Waals surface area (Å²) in [5.41, 5.74) is 11.7. The molecule has 2 N–H and O–H groups in total. The lowest BCUT2D eigenvalue weighted by Gasteiger charge is -2.20. The summed E-state index contributed by atoms with van der Waals surface area (Å²) in [6, 6.07) is 30.4. The summed E-state index contributed by atoms with van der Waals surface area (Å²) in [7, 11) is 0. The number of aromatic nitrogens is 2. The molecule has 0 fully saturated rings. The zero-order valence-electron chi connectivity index (χ0n) is 21.5. The van der Waals surface area contributed by atoms with Crippen LogP contribution in [-0.4, -0.2) is 9.55 Å². The zero-order chi connectivity index (χ0) is 26.0. The van der Waals surface area contributed by atoms with Crippen LogP contribution in [-0.2, 0) is 5.41 Å². The van der Waals surface area contributed by atoms with Crippen molar-refractivity contribution in [3.63, 3.8) is 0 Å². The van der Waals surface area contributed by atoms with Crippen LogP contribution < -0.4 is 10.5 Å². The third-order valence-corrected chi connectivity index (χ3v) is 7.17. The van der Waals surface area contributed by atoms with Crippen LogP contribution in [0.3, 0.4) is 0 Å². The molecule has 3 aromatic heterocycles. The van der Waals surface area contributed by atoms with Crippen LogP contribution in [0.2, 0.25) is 0 Å². The average Bonchev–Trinajstić information content (AvgIpc) is 3.43. The van der Waals surface area contributed by atoms with E-state index in [4.69, 9.17) is 19.9 Å². The van der Waals surface area contributed by atoms with Gasteiger partial charge >= 0.3 is 0 Å². The molecule has 3 heterocycles. The Balaban J connectivity index is 1.58. The number of fused-ring (bicyclic) bond motifs is 7. The number of nitrogens with two attached hydrogens (primary N) is 1. The topological polar surface area (TPSA) is 66.2 Å². The molecule has 0 aliphatic carbocycles. The summed E-state index contributed by atoms with van der Waals surface area (Å²) in [6.07, 6.45) is 1.90. The molecule has 0 aliphatic rings. The van der Waals surface area contributed by atoms with E-state index in [1.165, 1.54) is 5.56 Å². The van der Waals surface area contributed by atoms with Crippen molar-refractivity contribution in [1.82, 2.24) is 9.55 Å². The number of para-hydroxylation sites is 1. The molecule has 4 aromatic carbocycles. The van der Waals surface area contributed by atoms with Gasteiger partial charge in [0.05, 0.1) is 16.4 Å². The van der Waals surface area contributed by atoms with Gasteiger partial charge in [0.1, 0.15) is 28.5 Å². The summed E-state index contributed by atoms with van der Waals surface area (Å²) in [5, 5.41) is 4.42. The first-order valence-electron chi connectivity index (χ1n) is 12.8. The van der Waals surface area contributed by atoms with Crippen molar-refractivity contribution in [1.29, 1.82) is 0 Å². The number of hydrogen-bond donors (Lipinski definition) is 1. The summed E-state index contributed by atoms with van der Waals surface area (Å²) in [6.45, 7) is 6.66. The molecule has 0 saturated carbocycles. The summed E-state index contributed by atoms with van der Waals surface area (Å²) in [5.74, 6) is 2.28. The molecule has 0 spiro atoms. The van der Waals surface area contributed by atoms with E-state index in [9.17, 15) is 0 Å². The van der Waals surface area contributed by atoms with E-state index in [1.54, 1.807) is 0 Å². The van der Waals surface area contributed by atoms with Crippen molar-refractivity contribution < 1.29 is 9.15 Å². The Morgan fingerprint density at radius 1 is 0.763 bits per heavy atom. The highest BCUT2D eigenvalue weighted by Gasteiger charge is 2.21. The Kier molecular flexibility index (Phi) is 4.79. The molecule has 0 unspecified atom stereocenters. The molecule has 186 valence electrons. The molecule has 38 heavy (non-hydrogen) atoms. The van der Waals surface area contributed by atoms with E-state index < -0.39 is 0 Å². The van der Waals surface area contributed by atoms with Gasteiger partial charge in [-0.15, -0.1) is 0 Å². The predicted octanol–water partition coefficient (Wildman–Crippen LogP) is 8.75. The quantitative estimate of drug-likeness (QED) is 0.248. The molecule has 0 atom stereocenters. The largest absolute Gasteiger partial charge is 0.457 e. The van der Waals surface area contributed by atoms with Gasteiger partial charge < -0.3 is 14.9 Å². The van der Waals surface area contributed by atoms with E-state index in [1.807, 2.05) is 48.7 Å². The van der Waals surface area contributed by atoms with E-state index in [0.29, 0.717) is 11.4 Å². The maximum atomic E-state index is 6.27. The number of ether oxygens (including phenoxy) is 1. The first kappa shape index (κ1) is 22.4. The molecule has 0 saturated heterocycles. The minimum atomic E-state index is -0.0182. The number of nitrogen functional groups attached to an aromatic ring is 1. The Morgan fingerprint density at radius 2 is 1.58 bits per heavy atom. The molecule has 0 radical (unpaired) electrons. The van der Waals surface area contributed by atoms with Gasteiger partial charge in [-0.2, -0.15) is 0 Å². The Bertz CT molecular complexity index is 2010. The SMILES string of the molecule is CC(C)(C)c1ccnc(-n2c3cc(Oc4cccc(N)c4)ccc3c3ccc4oc5ccccc5c4c32)c1. The van der Waals surface area contributed by atoms with Crippen molar-refractivity contribution in [2.45, 2.75) is 26.2 Å². The molecule has 5 heteroatoms. The fourth-order valence-electron chi connectivity index (χ4n) is 5.32. The Hall–Kier alpha value is -4.77. The summed E-state index contributed by atoms with van der Waals surface area (Å²) >= 11 is 0. The molecular weight excluding hydrogens is 470 g/mol. The van der Waals surface area contributed by atoms with E-state index in [-0.39, 0.29) is 5.41 Å². The van der Waals surface area contributed by atoms with Crippen molar-refractivity contribution in [3.05, 3.63) is 103 Å². The van der Waals surface area contributed by atoms with Gasteiger partial charge in [0.25, 0.3) is 0 Å². The van der Waals surface area contributed by atoms with E-state index in [2.05, 4.69) is 73.9 Å². The van der Waals surface area contributed by atoms with Crippen molar-refractivity contribution in [2.24, 2.45) is 0 Å². The Morgan fingerprint density at radius 3 is 2.42 bits per heavy atom. The average molecular weight is 498 g/mol. The number of hydrogen-bond acceptors (Lipinski definition) is 4. The number of rotatable bonds is 3. The zero-order valence-corrected chi connectivity index (χ0v) is 21.5. The van der Waals surface area contributed by atoms with Gasteiger partial charge in [-0.3, -0.25) is 4.57 Å². The fraction of sp³-hybridized carbons (Fsp3) is 0.121. The van der Waals surface area contributed by atoms with Crippen LogP contribution in [0.4, 0.5) is 5.69 Å². The van der Waals surface area contributed by atoms with Gasteiger partial charge in [-0.05, 0) is 65.6 Å². The lowest BCUT2D eigenvalue weighted by atomic mass is 9.88. The fourth-order valence-corrected chi connectivity index (χ4v) is 5.32. The number of anilines is 1. The Labute approximate surface area is 220 Å². The lowest BCUT2D eigenvalue weighted by molar-refractivity contribution is 0.483. The second-order valence-corrected chi connectivity index (χ2v) is 10.8. The molecule has 7 aromatic rings. The van der Waals surface area contributed by atoms with Crippen LogP contribution >= 0.6 is 0 Å². The highest BCUT2D eigenvalue weighted by Crippen LogP contribution is 2.42. The first-order chi connectivity index (χ1) is 18.4. The van der Waals surface area contributed by atoms with Gasteiger partial charge in [0.15, 0.2) is 0 Å². The first-order valence-corrected chi connectivity index (χ1v) is 12.8. The van der Waals surface area contributed by atoms with Gasteiger partial charge in [-0.1, -0.05) is 45.0 Å². The smallest absolute Gasteiger partial charge is 0.137 e. The number of nitrogens with zero attached hydrogens (tertiary/aromatic N) is 2. The summed E-state index contributed by atoms with van der Waals surface area (Å²) < 4.78 is 14.8. The predicted molar refractivity (Wildman–Crippen MR) is 155 cm³/mol. The van der Waals surface area contributed by atoms with Crippen molar-refractivity contribution in [2.75, 3.05) is 5.73 Å². The van der Waals surface area contributed by atoms with Gasteiger partial charge in [0.2, 0.25) is 0 Å². The standard InChI is InChI=1S/C33H27N3O2/c1-33(2,3)20-15-16-35-30(17-20)36-27-19-23(37-22-8-6-7-21(34)18-22)11-12-24(27)25-13-14-29-31(32(25)36)26-9-4-5-10-28(26)38-29/h4-19H,34H2,1-3H3. The number of benzene rings is 4.